The van der Waals surface area contributed by atoms with Crippen LogP contribution in [0.4, 0.5) is 0 Å². The first-order valence-electron chi connectivity index (χ1n) is 10.1. The van der Waals surface area contributed by atoms with E-state index in [2.05, 4.69) is 10.3 Å². The third-order valence-corrected chi connectivity index (χ3v) is 4.29. The second-order valence-corrected chi connectivity index (χ2v) is 8.07. The summed E-state index contributed by atoms with van der Waals surface area (Å²) in [5.41, 5.74) is 1.71. The van der Waals surface area contributed by atoms with Crippen molar-refractivity contribution in [1.82, 2.24) is 9.78 Å². The minimum absolute atomic E-state index is 0.203. The molecule has 1 N–H and O–H groups in total. The van der Waals surface area contributed by atoms with Crippen molar-refractivity contribution < 1.29 is 24.2 Å². The molecular weight excluding hydrogens is 410 g/mol. The fourth-order valence-electron chi connectivity index (χ4n) is 2.82. The number of carbonyl (C=O) groups is 1. The van der Waals surface area contributed by atoms with Crippen molar-refractivity contribution in [3.8, 4) is 11.6 Å². The summed E-state index contributed by atoms with van der Waals surface area (Å²) in [5.74, 6) is 0.706. The second kappa shape index (κ2) is 10.1. The fourth-order valence-corrected chi connectivity index (χ4v) is 2.82. The van der Waals surface area contributed by atoms with Gasteiger partial charge in [-0.3, -0.25) is 0 Å². The van der Waals surface area contributed by atoms with E-state index in [-0.39, 0.29) is 19.2 Å². The van der Waals surface area contributed by atoms with E-state index in [1.165, 1.54) is 10.9 Å². The van der Waals surface area contributed by atoms with Gasteiger partial charge in [-0.2, -0.15) is 5.10 Å². The van der Waals surface area contributed by atoms with Crippen LogP contribution < -0.4 is 4.74 Å². The number of benzene rings is 2. The highest BCUT2D eigenvalue weighted by molar-refractivity contribution is 5.89. The molecule has 0 saturated heterocycles. The van der Waals surface area contributed by atoms with Crippen molar-refractivity contribution in [2.24, 2.45) is 12.2 Å². The van der Waals surface area contributed by atoms with Gasteiger partial charge in [-0.25, -0.2) is 9.48 Å². The molecular formula is C24H27N3O5. The number of oxime groups is 1. The number of ether oxygens (including phenoxy) is 2. The van der Waals surface area contributed by atoms with Gasteiger partial charge < -0.3 is 19.4 Å². The molecule has 1 aromatic heterocycles. The Morgan fingerprint density at radius 2 is 1.81 bits per heavy atom. The summed E-state index contributed by atoms with van der Waals surface area (Å²) in [6.07, 6.45) is 1.46. The van der Waals surface area contributed by atoms with E-state index >= 15 is 0 Å². The van der Waals surface area contributed by atoms with Gasteiger partial charge in [0.15, 0.2) is 0 Å². The zero-order chi connectivity index (χ0) is 23.1. The van der Waals surface area contributed by atoms with E-state index in [1.807, 2.05) is 51.1 Å². The van der Waals surface area contributed by atoms with E-state index in [4.69, 9.17) is 14.3 Å². The first kappa shape index (κ1) is 23.0. The molecule has 0 spiro atoms. The van der Waals surface area contributed by atoms with Crippen LogP contribution in [-0.2, 0) is 29.8 Å². The summed E-state index contributed by atoms with van der Waals surface area (Å²) in [7, 11) is 1.72. The Morgan fingerprint density at radius 3 is 2.44 bits per heavy atom. The van der Waals surface area contributed by atoms with Crippen LogP contribution in [0.5, 0.6) is 11.6 Å². The molecule has 0 aliphatic heterocycles. The Labute approximate surface area is 187 Å². The van der Waals surface area contributed by atoms with E-state index in [0.29, 0.717) is 28.5 Å². The second-order valence-electron chi connectivity index (χ2n) is 8.07. The monoisotopic (exact) mass is 437 g/mol. The zero-order valence-corrected chi connectivity index (χ0v) is 18.6. The third kappa shape index (κ3) is 6.18. The normalized spacial score (nSPS) is 11.5. The van der Waals surface area contributed by atoms with Crippen molar-refractivity contribution in [2.45, 2.75) is 39.6 Å². The van der Waals surface area contributed by atoms with Gasteiger partial charge >= 0.3 is 5.97 Å². The Morgan fingerprint density at radius 1 is 1.12 bits per heavy atom. The van der Waals surface area contributed by atoms with Gasteiger partial charge in [0, 0.05) is 7.05 Å². The number of nitrogens with zero attached hydrogens (tertiary/aromatic N) is 3. The average molecular weight is 437 g/mol. The zero-order valence-electron chi connectivity index (χ0n) is 18.6. The van der Waals surface area contributed by atoms with Gasteiger partial charge in [0.1, 0.15) is 23.7 Å². The van der Waals surface area contributed by atoms with Crippen molar-refractivity contribution >= 4 is 12.2 Å². The van der Waals surface area contributed by atoms with Crippen LogP contribution in [0.2, 0.25) is 0 Å². The summed E-state index contributed by atoms with van der Waals surface area (Å²) in [6, 6.07) is 16.2. The molecule has 0 unspecified atom stereocenters. The van der Waals surface area contributed by atoms with Gasteiger partial charge in [0.2, 0.25) is 5.88 Å². The predicted octanol–water partition coefficient (Wildman–Crippen LogP) is 4.21. The van der Waals surface area contributed by atoms with Gasteiger partial charge in [-0.15, -0.1) is 0 Å². The number of para-hydroxylation sites is 1. The molecule has 168 valence electrons. The lowest BCUT2D eigenvalue weighted by Gasteiger charge is -2.19. The molecule has 0 radical (unpaired) electrons. The molecule has 1 heterocycles. The lowest BCUT2D eigenvalue weighted by molar-refractivity contribution is 0.00694. The molecule has 0 saturated carbocycles. The minimum atomic E-state index is -0.545. The van der Waals surface area contributed by atoms with Crippen LogP contribution in [0, 0.1) is 0 Å². The molecule has 2 aromatic carbocycles. The molecule has 0 atom stereocenters. The molecule has 32 heavy (non-hydrogen) atoms. The molecule has 8 heteroatoms. The molecule has 8 nitrogen and oxygen atoms in total. The van der Waals surface area contributed by atoms with Crippen LogP contribution >= 0.6 is 0 Å². The molecule has 3 aromatic rings. The van der Waals surface area contributed by atoms with Gasteiger partial charge in [0.05, 0.1) is 23.9 Å². The number of hydrogen-bond acceptors (Lipinski definition) is 7. The maximum atomic E-state index is 12.1. The SMILES string of the molecule is Cn1nc(CO)c(C=NOCc2ccc(C(=O)OC(C)(C)C)cc2)c1Oc1ccccc1. The van der Waals surface area contributed by atoms with Crippen molar-refractivity contribution in [1.29, 1.82) is 0 Å². The summed E-state index contributed by atoms with van der Waals surface area (Å²) in [4.78, 5) is 17.5. The number of aryl methyl sites for hydroxylation is 1. The molecule has 0 amide bonds. The van der Waals surface area contributed by atoms with Crippen LogP contribution in [-0.4, -0.2) is 32.7 Å². The third-order valence-electron chi connectivity index (χ3n) is 4.29. The summed E-state index contributed by atoms with van der Waals surface area (Å²) < 4.78 is 12.8. The molecule has 0 fully saturated rings. The quantitative estimate of drug-likeness (QED) is 0.322. The summed E-state index contributed by atoms with van der Waals surface area (Å²) in [5, 5.41) is 17.9. The number of aliphatic hydroxyl groups is 1. The van der Waals surface area contributed by atoms with Gasteiger partial charge in [0.25, 0.3) is 0 Å². The van der Waals surface area contributed by atoms with Gasteiger partial charge in [-0.05, 0) is 50.6 Å². The highest BCUT2D eigenvalue weighted by Gasteiger charge is 2.18. The van der Waals surface area contributed by atoms with Crippen molar-refractivity contribution in [3.05, 3.63) is 77.0 Å². The number of hydrogen-bond donors (Lipinski definition) is 1. The first-order valence-corrected chi connectivity index (χ1v) is 10.1. The molecule has 3 rings (SSSR count). The number of aromatic nitrogens is 2. The fraction of sp³-hybridized carbons (Fsp3) is 0.292. The van der Waals surface area contributed by atoms with E-state index in [0.717, 1.165) is 5.56 Å². The van der Waals surface area contributed by atoms with Crippen LogP contribution in [0.15, 0.2) is 59.8 Å². The van der Waals surface area contributed by atoms with E-state index in [9.17, 15) is 9.90 Å². The van der Waals surface area contributed by atoms with Crippen LogP contribution in [0.25, 0.3) is 0 Å². The minimum Gasteiger partial charge on any atom is -0.456 e. The predicted molar refractivity (Wildman–Crippen MR) is 120 cm³/mol. The van der Waals surface area contributed by atoms with Gasteiger partial charge in [-0.1, -0.05) is 35.5 Å². The molecule has 0 bridgehead atoms. The molecule has 0 aliphatic rings. The lowest BCUT2D eigenvalue weighted by Crippen LogP contribution is -2.23. The topological polar surface area (TPSA) is 95.2 Å². The first-order chi connectivity index (χ1) is 15.3. The van der Waals surface area contributed by atoms with E-state index in [1.54, 1.807) is 31.3 Å². The Balaban J connectivity index is 1.64. The number of rotatable bonds is 8. The van der Waals surface area contributed by atoms with E-state index < -0.39 is 5.60 Å². The standard InChI is InChI=1S/C24H27N3O5/c1-24(2,3)32-23(29)18-12-10-17(11-13-18)16-30-25-14-20-21(15-28)26-27(4)22(20)31-19-8-6-5-7-9-19/h5-14,28H,15-16H2,1-4H3. The smallest absolute Gasteiger partial charge is 0.338 e. The Hall–Kier alpha value is -3.65. The lowest BCUT2D eigenvalue weighted by atomic mass is 10.1. The largest absolute Gasteiger partial charge is 0.456 e. The number of esters is 1. The van der Waals surface area contributed by atoms with Crippen LogP contribution in [0.3, 0.4) is 0 Å². The summed E-state index contributed by atoms with van der Waals surface area (Å²) in [6.45, 7) is 5.41. The molecule has 0 aliphatic carbocycles. The van der Waals surface area contributed by atoms with Crippen molar-refractivity contribution in [3.63, 3.8) is 0 Å². The summed E-state index contributed by atoms with van der Waals surface area (Å²) >= 11 is 0. The maximum absolute atomic E-state index is 12.1. The van der Waals surface area contributed by atoms with Crippen LogP contribution in [0.1, 0.15) is 48.0 Å². The number of aliphatic hydroxyl groups excluding tert-OH is 1. The number of carbonyl (C=O) groups excluding carboxylic acids is 1. The maximum Gasteiger partial charge on any atom is 0.338 e. The Kier molecular flexibility index (Phi) is 7.27. The van der Waals surface area contributed by atoms with Crippen molar-refractivity contribution in [2.75, 3.05) is 0 Å². The highest BCUT2D eigenvalue weighted by atomic mass is 16.6. The Bertz CT molecular complexity index is 1070. The average Bonchev–Trinajstić information content (AvgIpc) is 3.05. The highest BCUT2D eigenvalue weighted by Crippen LogP contribution is 2.26.